The summed E-state index contributed by atoms with van der Waals surface area (Å²) in [6.45, 7) is 6.20. The number of hydrogen-bond acceptors (Lipinski definition) is 2. The van der Waals surface area contributed by atoms with Crippen LogP contribution in [0.1, 0.15) is 33.6 Å². The molecule has 0 saturated heterocycles. The Kier molecular flexibility index (Phi) is 3.91. The predicted octanol–water partition coefficient (Wildman–Crippen LogP) is 1.13. The molecule has 0 aliphatic carbocycles. The van der Waals surface area contributed by atoms with Crippen molar-refractivity contribution >= 4 is 0 Å². The van der Waals surface area contributed by atoms with Gasteiger partial charge in [0.05, 0.1) is 6.61 Å². The molecule has 0 aliphatic heterocycles. The van der Waals surface area contributed by atoms with Gasteiger partial charge in [0.25, 0.3) is 0 Å². The van der Waals surface area contributed by atoms with Crippen LogP contribution in [0, 0.1) is 5.92 Å². The minimum absolute atomic E-state index is 0.0827. The summed E-state index contributed by atoms with van der Waals surface area (Å²) in [7, 11) is 0. The number of aliphatic hydroxyl groups excluding tert-OH is 1. The van der Waals surface area contributed by atoms with Crippen LogP contribution in [-0.2, 0) is 0 Å². The zero-order chi connectivity index (χ0) is 8.20. The lowest BCUT2D eigenvalue weighted by atomic mass is 9.83. The van der Waals surface area contributed by atoms with Gasteiger partial charge in [0.1, 0.15) is 0 Å². The van der Waals surface area contributed by atoms with E-state index in [0.29, 0.717) is 5.92 Å². The van der Waals surface area contributed by atoms with Crippen molar-refractivity contribution in [3.8, 4) is 0 Å². The molecule has 62 valence electrons. The Morgan fingerprint density at radius 2 is 1.80 bits per heavy atom. The summed E-state index contributed by atoms with van der Waals surface area (Å²) in [5.41, 5.74) is 5.45. The van der Waals surface area contributed by atoms with E-state index >= 15 is 0 Å². The molecule has 2 heteroatoms. The molecule has 0 rings (SSSR count). The monoisotopic (exact) mass is 145 g/mol. The molecule has 0 fully saturated rings. The summed E-state index contributed by atoms with van der Waals surface area (Å²) in [5.74, 6) is 0.442. The van der Waals surface area contributed by atoms with E-state index in [4.69, 9.17) is 10.8 Å². The van der Waals surface area contributed by atoms with Crippen molar-refractivity contribution in [2.75, 3.05) is 6.61 Å². The van der Waals surface area contributed by atoms with E-state index in [2.05, 4.69) is 13.8 Å². The van der Waals surface area contributed by atoms with Crippen LogP contribution in [0.25, 0.3) is 0 Å². The second-order valence-electron chi connectivity index (χ2n) is 3.18. The van der Waals surface area contributed by atoms with Gasteiger partial charge in [-0.1, -0.05) is 26.7 Å². The first kappa shape index (κ1) is 9.92. The number of hydrogen-bond donors (Lipinski definition) is 2. The summed E-state index contributed by atoms with van der Waals surface area (Å²) < 4.78 is 0. The molecule has 0 aromatic rings. The fourth-order valence-corrected chi connectivity index (χ4v) is 1.35. The van der Waals surface area contributed by atoms with Crippen molar-refractivity contribution in [3.05, 3.63) is 0 Å². The van der Waals surface area contributed by atoms with Crippen molar-refractivity contribution in [1.82, 2.24) is 0 Å². The summed E-state index contributed by atoms with van der Waals surface area (Å²) in [6, 6.07) is 0. The van der Waals surface area contributed by atoms with Gasteiger partial charge < -0.3 is 10.8 Å². The Morgan fingerprint density at radius 3 is 1.90 bits per heavy atom. The average Bonchev–Trinajstić information content (AvgIpc) is 1.90. The second kappa shape index (κ2) is 3.94. The van der Waals surface area contributed by atoms with E-state index in [1.165, 1.54) is 0 Å². The maximum Gasteiger partial charge on any atom is 0.0611 e. The number of nitrogens with two attached hydrogens (primary N) is 1. The van der Waals surface area contributed by atoms with E-state index in [9.17, 15) is 0 Å². The fraction of sp³-hybridized carbons (Fsp3) is 1.00. The second-order valence-corrected chi connectivity index (χ2v) is 3.18. The minimum atomic E-state index is -0.385. The van der Waals surface area contributed by atoms with Gasteiger partial charge in [-0.2, -0.15) is 0 Å². The molecule has 0 spiro atoms. The predicted molar refractivity (Wildman–Crippen MR) is 43.8 cm³/mol. The van der Waals surface area contributed by atoms with Crippen LogP contribution in [0.5, 0.6) is 0 Å². The lowest BCUT2D eigenvalue weighted by molar-refractivity contribution is 0.148. The average molecular weight is 145 g/mol. The standard InChI is InChI=1S/C8H19NO/c1-4-7(5-2)8(3,9)6-10/h7,10H,4-6,9H2,1-3H3. The van der Waals surface area contributed by atoms with Crippen molar-refractivity contribution in [3.63, 3.8) is 0 Å². The molecular weight excluding hydrogens is 126 g/mol. The third kappa shape index (κ3) is 2.27. The molecule has 0 radical (unpaired) electrons. The molecule has 0 aliphatic rings. The van der Waals surface area contributed by atoms with Gasteiger partial charge in [0, 0.05) is 5.54 Å². The molecule has 10 heavy (non-hydrogen) atoms. The Labute approximate surface area is 63.4 Å². The molecule has 0 saturated carbocycles. The summed E-state index contributed by atoms with van der Waals surface area (Å²) in [6.07, 6.45) is 2.09. The van der Waals surface area contributed by atoms with Crippen LogP contribution in [0.4, 0.5) is 0 Å². The summed E-state index contributed by atoms with van der Waals surface area (Å²) >= 11 is 0. The third-order valence-electron chi connectivity index (χ3n) is 2.26. The molecule has 0 bridgehead atoms. The van der Waals surface area contributed by atoms with Crippen molar-refractivity contribution in [2.24, 2.45) is 11.7 Å². The van der Waals surface area contributed by atoms with Crippen LogP contribution in [0.15, 0.2) is 0 Å². The topological polar surface area (TPSA) is 46.2 Å². The van der Waals surface area contributed by atoms with Gasteiger partial charge in [-0.25, -0.2) is 0 Å². The van der Waals surface area contributed by atoms with Gasteiger partial charge in [0.2, 0.25) is 0 Å². The molecular formula is C8H19NO. The van der Waals surface area contributed by atoms with E-state index in [1.807, 2.05) is 6.92 Å². The molecule has 0 heterocycles. The van der Waals surface area contributed by atoms with Crippen LogP contribution >= 0.6 is 0 Å². The van der Waals surface area contributed by atoms with Gasteiger partial charge in [-0.15, -0.1) is 0 Å². The molecule has 0 amide bonds. The van der Waals surface area contributed by atoms with Gasteiger partial charge >= 0.3 is 0 Å². The Hall–Kier alpha value is -0.0800. The lowest BCUT2D eigenvalue weighted by Crippen LogP contribution is -2.47. The summed E-state index contributed by atoms with van der Waals surface area (Å²) in [5, 5.41) is 8.90. The Morgan fingerprint density at radius 1 is 1.40 bits per heavy atom. The van der Waals surface area contributed by atoms with E-state index in [-0.39, 0.29) is 12.1 Å². The first-order valence-electron chi connectivity index (χ1n) is 3.98. The van der Waals surface area contributed by atoms with Crippen LogP contribution < -0.4 is 5.73 Å². The first-order valence-corrected chi connectivity index (χ1v) is 3.98. The Bertz CT molecular complexity index is 87.3. The molecule has 3 N–H and O–H groups in total. The van der Waals surface area contributed by atoms with Gasteiger partial charge in [-0.3, -0.25) is 0 Å². The fourth-order valence-electron chi connectivity index (χ4n) is 1.35. The number of rotatable bonds is 4. The quantitative estimate of drug-likeness (QED) is 0.623. The highest BCUT2D eigenvalue weighted by Crippen LogP contribution is 2.20. The van der Waals surface area contributed by atoms with Crippen LogP contribution in [0.2, 0.25) is 0 Å². The van der Waals surface area contributed by atoms with Crippen LogP contribution in [-0.4, -0.2) is 17.3 Å². The highest BCUT2D eigenvalue weighted by molar-refractivity contribution is 4.84. The van der Waals surface area contributed by atoms with Crippen molar-refractivity contribution in [2.45, 2.75) is 39.2 Å². The molecule has 1 atom stereocenters. The Balaban J connectivity index is 3.97. The summed E-state index contributed by atoms with van der Waals surface area (Å²) in [4.78, 5) is 0. The highest BCUT2D eigenvalue weighted by atomic mass is 16.3. The molecule has 1 unspecified atom stereocenters. The number of aliphatic hydroxyl groups is 1. The maximum absolute atomic E-state index is 8.90. The minimum Gasteiger partial charge on any atom is -0.394 e. The largest absolute Gasteiger partial charge is 0.394 e. The SMILES string of the molecule is CCC(CC)C(C)(N)CO. The zero-order valence-electron chi connectivity index (χ0n) is 7.22. The van der Waals surface area contributed by atoms with Gasteiger partial charge in [0.15, 0.2) is 0 Å². The third-order valence-corrected chi connectivity index (χ3v) is 2.26. The lowest BCUT2D eigenvalue weighted by Gasteiger charge is -2.30. The molecule has 0 aromatic heterocycles. The van der Waals surface area contributed by atoms with Crippen molar-refractivity contribution in [1.29, 1.82) is 0 Å². The molecule has 2 nitrogen and oxygen atoms in total. The normalized spacial score (nSPS) is 17.4. The van der Waals surface area contributed by atoms with E-state index in [0.717, 1.165) is 12.8 Å². The van der Waals surface area contributed by atoms with Gasteiger partial charge in [-0.05, 0) is 12.8 Å². The molecule has 0 aromatic carbocycles. The van der Waals surface area contributed by atoms with Crippen molar-refractivity contribution < 1.29 is 5.11 Å². The van der Waals surface area contributed by atoms with Crippen LogP contribution in [0.3, 0.4) is 0 Å². The van der Waals surface area contributed by atoms with E-state index < -0.39 is 0 Å². The zero-order valence-corrected chi connectivity index (χ0v) is 7.22. The van der Waals surface area contributed by atoms with E-state index in [1.54, 1.807) is 0 Å². The first-order chi connectivity index (χ1) is 4.58. The maximum atomic E-state index is 8.90. The highest BCUT2D eigenvalue weighted by Gasteiger charge is 2.25. The smallest absolute Gasteiger partial charge is 0.0611 e.